The van der Waals surface area contributed by atoms with Crippen molar-refractivity contribution in [3.05, 3.63) is 57.8 Å². The minimum Gasteiger partial charge on any atom is -0.381 e. The van der Waals surface area contributed by atoms with Crippen molar-refractivity contribution in [2.75, 3.05) is 19.8 Å². The van der Waals surface area contributed by atoms with Crippen molar-refractivity contribution in [1.29, 1.82) is 0 Å². The summed E-state index contributed by atoms with van der Waals surface area (Å²) in [5, 5.41) is 3.63. The van der Waals surface area contributed by atoms with Crippen LogP contribution in [0, 0.1) is 0 Å². The first-order chi connectivity index (χ1) is 11.1. The van der Waals surface area contributed by atoms with Gasteiger partial charge >= 0.3 is 0 Å². The Balaban J connectivity index is 1.76. The van der Waals surface area contributed by atoms with Gasteiger partial charge in [0.25, 0.3) is 5.91 Å². The maximum Gasteiger partial charge on any atom is 0.267 e. The number of benzene rings is 1. The molecule has 0 atom stereocenters. The number of aromatic amines is 1. The second-order valence-corrected chi connectivity index (χ2v) is 6.57. The average Bonchev–Trinajstić information content (AvgIpc) is 2.93. The highest BCUT2D eigenvalue weighted by Gasteiger charge is 2.34. The van der Waals surface area contributed by atoms with Crippen LogP contribution in [-0.2, 0) is 10.2 Å². The Morgan fingerprint density at radius 3 is 2.52 bits per heavy atom. The third-order valence-electron chi connectivity index (χ3n) is 4.39. The zero-order chi connectivity index (χ0) is 16.3. The van der Waals surface area contributed by atoms with E-state index in [2.05, 4.69) is 22.4 Å². The molecule has 2 N–H and O–H groups in total. The lowest BCUT2D eigenvalue weighted by Gasteiger charge is -2.37. The first-order valence-electron chi connectivity index (χ1n) is 7.56. The summed E-state index contributed by atoms with van der Waals surface area (Å²) in [6.45, 7) is 1.95. The maximum atomic E-state index is 12.3. The molecular weight excluding hydrogens is 335 g/mol. The largest absolute Gasteiger partial charge is 0.381 e. The Hall–Kier alpha value is -1.49. The minimum atomic E-state index is -0.208. The van der Waals surface area contributed by atoms with Crippen molar-refractivity contribution < 1.29 is 9.53 Å². The van der Waals surface area contributed by atoms with E-state index in [0.29, 0.717) is 30.5 Å². The van der Waals surface area contributed by atoms with E-state index in [1.54, 1.807) is 6.07 Å². The quantitative estimate of drug-likeness (QED) is 0.879. The number of hydrogen-bond acceptors (Lipinski definition) is 2. The monoisotopic (exact) mass is 352 g/mol. The van der Waals surface area contributed by atoms with E-state index >= 15 is 0 Å². The van der Waals surface area contributed by atoms with Crippen LogP contribution in [-0.4, -0.2) is 30.6 Å². The number of amides is 1. The molecule has 0 spiro atoms. The Morgan fingerprint density at radius 2 is 1.91 bits per heavy atom. The number of carbonyl (C=O) groups excluding carboxylic acids is 1. The lowest BCUT2D eigenvalue weighted by molar-refractivity contribution is 0.0487. The van der Waals surface area contributed by atoms with E-state index in [4.69, 9.17) is 27.9 Å². The van der Waals surface area contributed by atoms with Gasteiger partial charge in [-0.3, -0.25) is 4.79 Å². The van der Waals surface area contributed by atoms with Crippen LogP contribution in [0.1, 0.15) is 28.9 Å². The summed E-state index contributed by atoms with van der Waals surface area (Å²) < 4.78 is 5.50. The second-order valence-electron chi connectivity index (χ2n) is 5.79. The van der Waals surface area contributed by atoms with E-state index in [0.717, 1.165) is 12.8 Å². The number of aromatic nitrogens is 1. The van der Waals surface area contributed by atoms with Gasteiger partial charge in [-0.1, -0.05) is 53.5 Å². The molecule has 1 aliphatic rings. The van der Waals surface area contributed by atoms with Crippen LogP contribution in [0.3, 0.4) is 0 Å². The highest BCUT2D eigenvalue weighted by atomic mass is 35.5. The fraction of sp³-hybridized carbons (Fsp3) is 0.353. The average molecular weight is 353 g/mol. The number of halogens is 2. The van der Waals surface area contributed by atoms with Gasteiger partial charge in [0.2, 0.25) is 0 Å². The lowest BCUT2D eigenvalue weighted by atomic mass is 9.74. The number of nitrogens with one attached hydrogen (secondary N) is 2. The van der Waals surface area contributed by atoms with Gasteiger partial charge in [-0.2, -0.15) is 0 Å². The highest BCUT2D eigenvalue weighted by Crippen LogP contribution is 2.34. The van der Waals surface area contributed by atoms with Crippen LogP contribution in [0.25, 0.3) is 0 Å². The summed E-state index contributed by atoms with van der Waals surface area (Å²) in [7, 11) is 0. The zero-order valence-electron chi connectivity index (χ0n) is 12.6. The van der Waals surface area contributed by atoms with E-state index in [1.807, 2.05) is 18.2 Å². The Labute approximate surface area is 145 Å². The van der Waals surface area contributed by atoms with Gasteiger partial charge in [0, 0.05) is 25.2 Å². The van der Waals surface area contributed by atoms with Crippen molar-refractivity contribution in [3.8, 4) is 0 Å². The summed E-state index contributed by atoms with van der Waals surface area (Å²) in [5.74, 6) is -0.208. The van der Waals surface area contributed by atoms with Gasteiger partial charge in [-0.15, -0.1) is 0 Å². The second kappa shape index (κ2) is 6.95. The number of rotatable bonds is 4. The first kappa shape index (κ1) is 16.4. The molecule has 1 aliphatic heterocycles. The van der Waals surface area contributed by atoms with Crippen molar-refractivity contribution in [2.24, 2.45) is 0 Å². The maximum absolute atomic E-state index is 12.3. The third-order valence-corrected chi connectivity index (χ3v) is 5.09. The predicted molar refractivity (Wildman–Crippen MR) is 91.3 cm³/mol. The van der Waals surface area contributed by atoms with Gasteiger partial charge in [0.15, 0.2) is 0 Å². The molecule has 0 radical (unpaired) electrons. The van der Waals surface area contributed by atoms with E-state index < -0.39 is 0 Å². The van der Waals surface area contributed by atoms with E-state index in [9.17, 15) is 4.79 Å². The summed E-state index contributed by atoms with van der Waals surface area (Å²) in [4.78, 5) is 15.1. The van der Waals surface area contributed by atoms with Crippen molar-refractivity contribution in [3.63, 3.8) is 0 Å². The minimum absolute atomic E-state index is 0.102. The van der Waals surface area contributed by atoms with Gasteiger partial charge < -0.3 is 15.0 Å². The van der Waals surface area contributed by atoms with Gasteiger partial charge in [0.1, 0.15) is 10.8 Å². The van der Waals surface area contributed by atoms with Crippen molar-refractivity contribution in [1.82, 2.24) is 10.3 Å². The molecule has 1 fully saturated rings. The zero-order valence-corrected chi connectivity index (χ0v) is 14.1. The molecule has 0 saturated carbocycles. The standard InChI is InChI=1S/C17H18Cl2N2O2/c18-13-10-14(21-15(13)19)16(22)20-11-17(6-8-23-9-7-17)12-4-2-1-3-5-12/h1-5,10,21H,6-9,11H2,(H,20,22). The van der Waals surface area contributed by atoms with Crippen molar-refractivity contribution >= 4 is 29.1 Å². The lowest BCUT2D eigenvalue weighted by Crippen LogP contribution is -2.44. The van der Waals surface area contributed by atoms with Crippen LogP contribution in [0.2, 0.25) is 10.2 Å². The summed E-state index contributed by atoms with van der Waals surface area (Å²) >= 11 is 11.7. The van der Waals surface area contributed by atoms with E-state index in [-0.39, 0.29) is 16.5 Å². The fourth-order valence-electron chi connectivity index (χ4n) is 2.99. The normalized spacial score (nSPS) is 17.0. The molecule has 6 heteroatoms. The predicted octanol–water partition coefficient (Wildman–Crippen LogP) is 3.80. The molecule has 0 aliphatic carbocycles. The molecule has 3 rings (SSSR count). The van der Waals surface area contributed by atoms with Gasteiger partial charge in [-0.05, 0) is 24.5 Å². The molecule has 2 aromatic rings. The summed E-state index contributed by atoms with van der Waals surface area (Å²) in [6.07, 6.45) is 1.76. The molecular formula is C17H18Cl2N2O2. The molecule has 23 heavy (non-hydrogen) atoms. The highest BCUT2D eigenvalue weighted by molar-refractivity contribution is 6.41. The number of ether oxygens (including phenoxy) is 1. The first-order valence-corrected chi connectivity index (χ1v) is 8.32. The number of carbonyl (C=O) groups is 1. The molecule has 4 nitrogen and oxygen atoms in total. The molecule has 1 aromatic carbocycles. The fourth-order valence-corrected chi connectivity index (χ4v) is 3.31. The Morgan fingerprint density at radius 1 is 1.22 bits per heavy atom. The molecule has 122 valence electrons. The van der Waals surface area contributed by atoms with Gasteiger partial charge in [-0.25, -0.2) is 0 Å². The topological polar surface area (TPSA) is 54.1 Å². The van der Waals surface area contributed by atoms with E-state index in [1.165, 1.54) is 5.56 Å². The molecule has 0 bridgehead atoms. The SMILES string of the molecule is O=C(NCC1(c2ccccc2)CCOCC1)c1cc(Cl)c(Cl)[nH]1. The molecule has 1 saturated heterocycles. The number of hydrogen-bond donors (Lipinski definition) is 2. The van der Waals surface area contributed by atoms with Gasteiger partial charge in [0.05, 0.1) is 5.02 Å². The van der Waals surface area contributed by atoms with Crippen LogP contribution in [0.4, 0.5) is 0 Å². The van der Waals surface area contributed by atoms with Crippen LogP contribution >= 0.6 is 23.2 Å². The molecule has 2 heterocycles. The molecule has 0 unspecified atom stereocenters. The third kappa shape index (κ3) is 3.55. The smallest absolute Gasteiger partial charge is 0.267 e. The molecule has 1 amide bonds. The Bertz CT molecular complexity index is 660. The summed E-state index contributed by atoms with van der Waals surface area (Å²) in [5.41, 5.74) is 1.50. The number of H-pyrrole nitrogens is 1. The van der Waals surface area contributed by atoms with Crippen LogP contribution in [0.5, 0.6) is 0 Å². The Kier molecular flexibility index (Phi) is 4.95. The van der Waals surface area contributed by atoms with Crippen LogP contribution in [0.15, 0.2) is 36.4 Å². The van der Waals surface area contributed by atoms with Crippen LogP contribution < -0.4 is 5.32 Å². The summed E-state index contributed by atoms with van der Waals surface area (Å²) in [6, 6.07) is 11.8. The molecule has 1 aromatic heterocycles. The van der Waals surface area contributed by atoms with Crippen molar-refractivity contribution in [2.45, 2.75) is 18.3 Å².